The summed E-state index contributed by atoms with van der Waals surface area (Å²) in [4.78, 5) is 4.22. The van der Waals surface area contributed by atoms with Gasteiger partial charge in [-0.15, -0.1) is 0 Å². The van der Waals surface area contributed by atoms with Crippen LogP contribution in [0.3, 0.4) is 0 Å². The van der Waals surface area contributed by atoms with Crippen molar-refractivity contribution in [3.63, 3.8) is 0 Å². The average Bonchev–Trinajstić information content (AvgIpc) is 2.76. The summed E-state index contributed by atoms with van der Waals surface area (Å²) in [5, 5.41) is 8.56. The molecule has 1 aromatic carbocycles. The van der Waals surface area contributed by atoms with Gasteiger partial charge in [0, 0.05) is 6.04 Å². The van der Waals surface area contributed by atoms with Crippen LogP contribution in [0.2, 0.25) is 10.0 Å². The predicted octanol–water partition coefficient (Wildman–Crippen LogP) is 3.78. The molecule has 0 aliphatic heterocycles. The molecule has 4 nitrogen and oxygen atoms in total. The lowest BCUT2D eigenvalue weighted by molar-refractivity contribution is 0.509. The maximum atomic E-state index is 6.08. The van der Waals surface area contributed by atoms with E-state index in [0.717, 1.165) is 11.5 Å². The van der Waals surface area contributed by atoms with E-state index in [0.29, 0.717) is 16.6 Å². The van der Waals surface area contributed by atoms with E-state index < -0.39 is 0 Å². The largest absolute Gasteiger partial charge is 0.375 e. The van der Waals surface area contributed by atoms with Crippen LogP contribution in [-0.4, -0.2) is 14.8 Å². The molecule has 0 aliphatic rings. The van der Waals surface area contributed by atoms with Gasteiger partial charge in [0.2, 0.25) is 0 Å². The highest BCUT2D eigenvalue weighted by Crippen LogP contribution is 2.30. The zero-order valence-electron chi connectivity index (χ0n) is 10.2. The number of rotatable bonds is 4. The number of benzene rings is 1. The lowest BCUT2D eigenvalue weighted by Crippen LogP contribution is -2.12. The summed E-state index contributed by atoms with van der Waals surface area (Å²) < 4.78 is 1.86. The fourth-order valence-electron chi connectivity index (χ4n) is 1.67. The Balaban J connectivity index is 2.14. The minimum Gasteiger partial charge on any atom is -0.375 e. The van der Waals surface area contributed by atoms with Gasteiger partial charge < -0.3 is 5.32 Å². The first-order valence-electron chi connectivity index (χ1n) is 5.66. The van der Waals surface area contributed by atoms with Crippen molar-refractivity contribution < 1.29 is 0 Å². The average molecular weight is 285 g/mol. The number of para-hydroxylation sites is 1. The molecular formula is C12H14Cl2N4. The van der Waals surface area contributed by atoms with Crippen LogP contribution in [0.25, 0.3) is 0 Å². The normalized spacial score (nSPS) is 10.9. The molecule has 0 amide bonds. The first-order chi connectivity index (χ1) is 8.59. The van der Waals surface area contributed by atoms with E-state index in [4.69, 9.17) is 23.2 Å². The Kier molecular flexibility index (Phi) is 4.09. The molecule has 18 heavy (non-hydrogen) atoms. The fraction of sp³-hybridized carbons (Fsp3) is 0.333. The third kappa shape index (κ3) is 2.76. The lowest BCUT2D eigenvalue weighted by atomic mass is 10.3. The SMILES string of the molecule is CC(C)n1ncnc1CNc1c(Cl)cccc1Cl. The zero-order valence-corrected chi connectivity index (χ0v) is 11.7. The van der Waals surface area contributed by atoms with Crippen LogP contribution < -0.4 is 5.32 Å². The molecule has 1 N–H and O–H groups in total. The molecule has 0 aliphatic carbocycles. The van der Waals surface area contributed by atoms with Gasteiger partial charge in [-0.2, -0.15) is 5.10 Å². The Bertz CT molecular complexity index is 516. The Morgan fingerprint density at radius 2 is 1.94 bits per heavy atom. The van der Waals surface area contributed by atoms with Crippen molar-refractivity contribution in [3.8, 4) is 0 Å². The van der Waals surface area contributed by atoms with Crippen LogP contribution in [0.4, 0.5) is 5.69 Å². The van der Waals surface area contributed by atoms with Gasteiger partial charge in [0.05, 0.1) is 22.3 Å². The zero-order chi connectivity index (χ0) is 13.1. The predicted molar refractivity (Wildman–Crippen MR) is 74.2 cm³/mol. The van der Waals surface area contributed by atoms with E-state index in [1.165, 1.54) is 0 Å². The molecule has 0 saturated carbocycles. The van der Waals surface area contributed by atoms with Crippen LogP contribution in [-0.2, 0) is 6.54 Å². The number of hydrogen-bond donors (Lipinski definition) is 1. The molecule has 1 heterocycles. The number of halogens is 2. The van der Waals surface area contributed by atoms with Crippen LogP contribution in [0, 0.1) is 0 Å². The van der Waals surface area contributed by atoms with Crippen molar-refractivity contribution in [2.75, 3.05) is 5.32 Å². The van der Waals surface area contributed by atoms with Crippen LogP contribution in [0.5, 0.6) is 0 Å². The minimum atomic E-state index is 0.269. The fourth-order valence-corrected chi connectivity index (χ4v) is 2.20. The van der Waals surface area contributed by atoms with Gasteiger partial charge in [-0.25, -0.2) is 9.67 Å². The Labute approximate surface area is 116 Å². The van der Waals surface area contributed by atoms with Crippen molar-refractivity contribution in [3.05, 3.63) is 40.4 Å². The van der Waals surface area contributed by atoms with Crippen LogP contribution in [0.15, 0.2) is 24.5 Å². The molecule has 6 heteroatoms. The van der Waals surface area contributed by atoms with Gasteiger partial charge in [0.1, 0.15) is 12.2 Å². The number of aromatic nitrogens is 3. The lowest BCUT2D eigenvalue weighted by Gasteiger charge is -2.12. The number of hydrogen-bond acceptors (Lipinski definition) is 3. The van der Waals surface area contributed by atoms with Crippen molar-refractivity contribution >= 4 is 28.9 Å². The van der Waals surface area contributed by atoms with Gasteiger partial charge >= 0.3 is 0 Å². The van der Waals surface area contributed by atoms with Gasteiger partial charge in [0.15, 0.2) is 0 Å². The summed E-state index contributed by atoms with van der Waals surface area (Å²) >= 11 is 12.2. The number of nitrogens with one attached hydrogen (secondary N) is 1. The van der Waals surface area contributed by atoms with Crippen molar-refractivity contribution in [1.82, 2.24) is 14.8 Å². The molecule has 0 bridgehead atoms. The molecular weight excluding hydrogens is 271 g/mol. The molecule has 2 rings (SSSR count). The smallest absolute Gasteiger partial charge is 0.146 e. The van der Waals surface area contributed by atoms with E-state index in [1.54, 1.807) is 18.5 Å². The molecule has 0 radical (unpaired) electrons. The van der Waals surface area contributed by atoms with Gasteiger partial charge in [0.25, 0.3) is 0 Å². The van der Waals surface area contributed by atoms with Crippen LogP contribution in [0.1, 0.15) is 25.7 Å². The quantitative estimate of drug-likeness (QED) is 0.929. The Hall–Kier alpha value is -1.26. The second-order valence-corrected chi connectivity index (χ2v) is 4.98. The summed E-state index contributed by atoms with van der Waals surface area (Å²) in [5.41, 5.74) is 0.721. The second-order valence-electron chi connectivity index (χ2n) is 4.16. The summed E-state index contributed by atoms with van der Waals surface area (Å²) in [5.74, 6) is 0.848. The van der Waals surface area contributed by atoms with E-state index >= 15 is 0 Å². The summed E-state index contributed by atoms with van der Waals surface area (Å²) in [6, 6.07) is 5.67. The monoisotopic (exact) mass is 284 g/mol. The third-order valence-corrected chi connectivity index (χ3v) is 3.15. The molecule has 0 atom stereocenters. The highest BCUT2D eigenvalue weighted by molar-refractivity contribution is 6.39. The molecule has 0 spiro atoms. The summed E-state index contributed by atoms with van der Waals surface area (Å²) in [6.07, 6.45) is 1.55. The Morgan fingerprint density at radius 1 is 1.28 bits per heavy atom. The number of nitrogens with zero attached hydrogens (tertiary/aromatic N) is 3. The first kappa shape index (κ1) is 13.2. The first-order valence-corrected chi connectivity index (χ1v) is 6.41. The van der Waals surface area contributed by atoms with Crippen molar-refractivity contribution in [2.45, 2.75) is 26.4 Å². The molecule has 1 aromatic heterocycles. The highest BCUT2D eigenvalue weighted by Gasteiger charge is 2.09. The topological polar surface area (TPSA) is 42.7 Å². The molecule has 0 fully saturated rings. The molecule has 0 saturated heterocycles. The molecule has 0 unspecified atom stereocenters. The van der Waals surface area contributed by atoms with E-state index in [-0.39, 0.29) is 6.04 Å². The second kappa shape index (κ2) is 5.59. The summed E-state index contributed by atoms with van der Waals surface area (Å²) in [6.45, 7) is 4.64. The Morgan fingerprint density at radius 3 is 2.56 bits per heavy atom. The highest BCUT2D eigenvalue weighted by atomic mass is 35.5. The minimum absolute atomic E-state index is 0.269. The van der Waals surface area contributed by atoms with E-state index in [2.05, 4.69) is 29.2 Å². The van der Waals surface area contributed by atoms with Gasteiger partial charge in [-0.05, 0) is 26.0 Å². The molecule has 2 aromatic rings. The third-order valence-electron chi connectivity index (χ3n) is 2.52. The molecule has 96 valence electrons. The van der Waals surface area contributed by atoms with Gasteiger partial charge in [-0.3, -0.25) is 0 Å². The van der Waals surface area contributed by atoms with Crippen LogP contribution >= 0.6 is 23.2 Å². The summed E-state index contributed by atoms with van der Waals surface area (Å²) in [7, 11) is 0. The van der Waals surface area contributed by atoms with Crippen molar-refractivity contribution in [2.24, 2.45) is 0 Å². The van der Waals surface area contributed by atoms with E-state index in [9.17, 15) is 0 Å². The maximum absolute atomic E-state index is 6.08. The van der Waals surface area contributed by atoms with Gasteiger partial charge in [-0.1, -0.05) is 29.3 Å². The number of anilines is 1. The van der Waals surface area contributed by atoms with E-state index in [1.807, 2.05) is 10.7 Å². The maximum Gasteiger partial charge on any atom is 0.146 e. The van der Waals surface area contributed by atoms with Crippen molar-refractivity contribution in [1.29, 1.82) is 0 Å². The standard InChI is InChI=1S/C12H14Cl2N4/c1-8(2)18-11(16-7-17-18)6-15-12-9(13)4-3-5-10(12)14/h3-5,7-8,15H,6H2,1-2H3.